The Labute approximate surface area is 156 Å². The van der Waals surface area contributed by atoms with Gasteiger partial charge in [0.25, 0.3) is 5.91 Å². The Balaban J connectivity index is 1.87. The SMILES string of the molecule is Cc1cccc(OCC(=O)O[C@H](C)C(=O)Nc2ccc(F)cc2Cl)c1C. The number of ether oxygens (including phenoxy) is 2. The van der Waals surface area contributed by atoms with E-state index in [1.54, 1.807) is 6.07 Å². The first-order valence-corrected chi connectivity index (χ1v) is 8.30. The molecule has 1 amide bonds. The third-order valence-electron chi connectivity index (χ3n) is 3.77. The lowest BCUT2D eigenvalue weighted by Gasteiger charge is -2.15. The molecule has 1 N–H and O–H groups in total. The number of amides is 1. The molecule has 0 aliphatic heterocycles. The minimum absolute atomic E-state index is 0.0510. The monoisotopic (exact) mass is 379 g/mol. The number of carbonyl (C=O) groups excluding carboxylic acids is 2. The Bertz CT molecular complexity index is 825. The van der Waals surface area contributed by atoms with Gasteiger partial charge in [0.15, 0.2) is 12.7 Å². The molecule has 0 radical (unpaired) electrons. The highest BCUT2D eigenvalue weighted by molar-refractivity contribution is 6.33. The van der Waals surface area contributed by atoms with E-state index >= 15 is 0 Å². The first-order valence-electron chi connectivity index (χ1n) is 7.92. The van der Waals surface area contributed by atoms with Crippen molar-refractivity contribution in [1.82, 2.24) is 0 Å². The van der Waals surface area contributed by atoms with Crippen molar-refractivity contribution in [3.63, 3.8) is 0 Å². The summed E-state index contributed by atoms with van der Waals surface area (Å²) < 4.78 is 23.5. The lowest BCUT2D eigenvalue weighted by molar-refractivity contribution is -0.155. The number of carbonyl (C=O) groups is 2. The second-order valence-corrected chi connectivity index (χ2v) is 6.14. The number of esters is 1. The predicted molar refractivity (Wildman–Crippen MR) is 97.0 cm³/mol. The van der Waals surface area contributed by atoms with Gasteiger partial charge in [-0.1, -0.05) is 23.7 Å². The summed E-state index contributed by atoms with van der Waals surface area (Å²) >= 11 is 5.85. The number of aryl methyl sites for hydroxylation is 1. The number of anilines is 1. The summed E-state index contributed by atoms with van der Waals surface area (Å²) in [6, 6.07) is 9.08. The third-order valence-corrected chi connectivity index (χ3v) is 4.08. The van der Waals surface area contributed by atoms with Crippen LogP contribution >= 0.6 is 11.6 Å². The molecule has 0 aliphatic carbocycles. The molecule has 0 saturated carbocycles. The molecule has 0 bridgehead atoms. The standard InChI is InChI=1S/C19H19ClFNO4/c1-11-5-4-6-17(12(11)2)25-10-18(23)26-13(3)19(24)22-16-8-7-14(21)9-15(16)20/h4-9,13H,10H2,1-3H3,(H,22,24)/t13-/m1/s1. The average Bonchev–Trinajstić information content (AvgIpc) is 2.58. The van der Waals surface area contributed by atoms with Crippen molar-refractivity contribution in [2.75, 3.05) is 11.9 Å². The zero-order chi connectivity index (χ0) is 19.3. The fourth-order valence-electron chi connectivity index (χ4n) is 2.13. The Hall–Kier alpha value is -2.60. The van der Waals surface area contributed by atoms with Crippen LogP contribution in [-0.2, 0) is 14.3 Å². The number of halogens is 2. The van der Waals surface area contributed by atoms with Crippen molar-refractivity contribution in [3.05, 3.63) is 58.4 Å². The van der Waals surface area contributed by atoms with Crippen LogP contribution in [0, 0.1) is 19.7 Å². The zero-order valence-electron chi connectivity index (χ0n) is 14.6. The molecule has 2 aromatic rings. The van der Waals surface area contributed by atoms with Crippen molar-refractivity contribution in [1.29, 1.82) is 0 Å². The van der Waals surface area contributed by atoms with Crippen LogP contribution in [-0.4, -0.2) is 24.6 Å². The van der Waals surface area contributed by atoms with Gasteiger partial charge in [0.2, 0.25) is 0 Å². The van der Waals surface area contributed by atoms with E-state index in [0.717, 1.165) is 23.3 Å². The molecule has 2 rings (SSSR count). The largest absolute Gasteiger partial charge is 0.482 e. The van der Waals surface area contributed by atoms with Gasteiger partial charge in [0.1, 0.15) is 11.6 Å². The highest BCUT2D eigenvalue weighted by Gasteiger charge is 2.19. The zero-order valence-corrected chi connectivity index (χ0v) is 15.4. The number of benzene rings is 2. The number of rotatable bonds is 6. The van der Waals surface area contributed by atoms with Gasteiger partial charge < -0.3 is 14.8 Å². The lowest BCUT2D eigenvalue weighted by Crippen LogP contribution is -2.31. The highest BCUT2D eigenvalue weighted by atomic mass is 35.5. The second kappa shape index (κ2) is 8.67. The molecule has 0 fully saturated rings. The summed E-state index contributed by atoms with van der Waals surface area (Å²) in [5.41, 5.74) is 2.20. The summed E-state index contributed by atoms with van der Waals surface area (Å²) in [6.45, 7) is 4.92. The topological polar surface area (TPSA) is 64.6 Å². The molecule has 138 valence electrons. The molecule has 0 aliphatic rings. The van der Waals surface area contributed by atoms with Crippen molar-refractivity contribution in [2.45, 2.75) is 26.9 Å². The summed E-state index contributed by atoms with van der Waals surface area (Å²) in [6.07, 6.45) is -1.06. The van der Waals surface area contributed by atoms with Crippen molar-refractivity contribution >= 4 is 29.2 Å². The second-order valence-electron chi connectivity index (χ2n) is 5.73. The van der Waals surface area contributed by atoms with Crippen LogP contribution in [0.4, 0.5) is 10.1 Å². The van der Waals surface area contributed by atoms with Crippen LogP contribution < -0.4 is 10.1 Å². The van der Waals surface area contributed by atoms with Crippen molar-refractivity contribution < 1.29 is 23.5 Å². The molecular formula is C19H19ClFNO4. The Morgan fingerprint density at radius 3 is 2.65 bits per heavy atom. The van der Waals surface area contributed by atoms with Crippen molar-refractivity contribution in [2.24, 2.45) is 0 Å². The van der Waals surface area contributed by atoms with Gasteiger partial charge in [-0.3, -0.25) is 4.79 Å². The summed E-state index contributed by atoms with van der Waals surface area (Å²) in [5.74, 6) is -1.20. The van der Waals surface area contributed by atoms with E-state index in [-0.39, 0.29) is 17.3 Å². The molecule has 5 nitrogen and oxygen atoms in total. The van der Waals surface area contributed by atoms with E-state index in [0.29, 0.717) is 5.75 Å². The van der Waals surface area contributed by atoms with E-state index in [9.17, 15) is 14.0 Å². The van der Waals surface area contributed by atoms with Crippen LogP contribution in [0.5, 0.6) is 5.75 Å². The lowest BCUT2D eigenvalue weighted by atomic mass is 10.1. The minimum Gasteiger partial charge on any atom is -0.482 e. The van der Waals surface area contributed by atoms with Crippen LogP contribution in [0.3, 0.4) is 0 Å². The normalized spacial score (nSPS) is 11.6. The minimum atomic E-state index is -1.06. The molecule has 2 aromatic carbocycles. The smallest absolute Gasteiger partial charge is 0.344 e. The van der Waals surface area contributed by atoms with Gasteiger partial charge in [0, 0.05) is 0 Å². The van der Waals surface area contributed by atoms with E-state index in [2.05, 4.69) is 5.32 Å². The van der Waals surface area contributed by atoms with Crippen LogP contribution in [0.25, 0.3) is 0 Å². The molecule has 1 atom stereocenters. The summed E-state index contributed by atoms with van der Waals surface area (Å²) in [4.78, 5) is 24.0. The average molecular weight is 380 g/mol. The fourth-order valence-corrected chi connectivity index (χ4v) is 2.34. The Morgan fingerprint density at radius 1 is 1.23 bits per heavy atom. The maximum absolute atomic E-state index is 13.0. The van der Waals surface area contributed by atoms with Crippen LogP contribution in [0.1, 0.15) is 18.1 Å². The number of nitrogens with one attached hydrogen (secondary N) is 1. The van der Waals surface area contributed by atoms with Crippen molar-refractivity contribution in [3.8, 4) is 5.75 Å². The number of hydrogen-bond acceptors (Lipinski definition) is 4. The van der Waals surface area contributed by atoms with Gasteiger partial charge in [0.05, 0.1) is 10.7 Å². The molecule has 0 heterocycles. The molecule has 0 unspecified atom stereocenters. The molecule has 7 heteroatoms. The summed E-state index contributed by atoms with van der Waals surface area (Å²) in [7, 11) is 0. The van der Waals surface area contributed by atoms with E-state index in [1.807, 2.05) is 26.0 Å². The fraction of sp³-hybridized carbons (Fsp3) is 0.263. The number of hydrogen-bond donors (Lipinski definition) is 1. The van der Waals surface area contributed by atoms with Gasteiger partial charge in [-0.2, -0.15) is 0 Å². The first kappa shape index (κ1) is 19.7. The van der Waals surface area contributed by atoms with Gasteiger partial charge >= 0.3 is 5.97 Å². The summed E-state index contributed by atoms with van der Waals surface area (Å²) in [5, 5.41) is 2.53. The molecule has 0 aromatic heterocycles. The van der Waals surface area contributed by atoms with Gasteiger partial charge in [-0.15, -0.1) is 0 Å². The van der Waals surface area contributed by atoms with Gasteiger partial charge in [-0.05, 0) is 56.2 Å². The van der Waals surface area contributed by atoms with E-state index in [1.165, 1.54) is 13.0 Å². The first-order chi connectivity index (χ1) is 12.3. The van der Waals surface area contributed by atoms with Crippen LogP contribution in [0.2, 0.25) is 5.02 Å². The molecule has 26 heavy (non-hydrogen) atoms. The quantitative estimate of drug-likeness (QED) is 0.769. The Kier molecular flexibility index (Phi) is 6.58. The third kappa shape index (κ3) is 5.20. The highest BCUT2D eigenvalue weighted by Crippen LogP contribution is 2.23. The predicted octanol–water partition coefficient (Wildman–Crippen LogP) is 4.05. The molecule has 0 spiro atoms. The van der Waals surface area contributed by atoms with Gasteiger partial charge in [-0.25, -0.2) is 9.18 Å². The van der Waals surface area contributed by atoms with E-state index in [4.69, 9.17) is 21.1 Å². The maximum Gasteiger partial charge on any atom is 0.344 e. The molecule has 0 saturated heterocycles. The van der Waals surface area contributed by atoms with Crippen LogP contribution in [0.15, 0.2) is 36.4 Å². The van der Waals surface area contributed by atoms with E-state index < -0.39 is 23.8 Å². The maximum atomic E-state index is 13.0. The molecular weight excluding hydrogens is 361 g/mol. The Morgan fingerprint density at radius 2 is 1.96 bits per heavy atom.